The quantitative estimate of drug-likeness (QED) is 0.724. The largest absolute Gasteiger partial charge is 0.478 e. The first kappa shape index (κ1) is 14.1. The number of aryl methyl sites for hydroxylation is 1. The highest BCUT2D eigenvalue weighted by molar-refractivity contribution is 5.96. The van der Waals surface area contributed by atoms with Gasteiger partial charge in [0.2, 0.25) is 5.82 Å². The number of hydrogen-bond donors (Lipinski definition) is 3. The first-order valence-corrected chi connectivity index (χ1v) is 5.67. The number of aromatic carboxylic acids is 1. The van der Waals surface area contributed by atoms with Crippen molar-refractivity contribution < 1.29 is 14.3 Å². The van der Waals surface area contributed by atoms with Crippen LogP contribution in [-0.4, -0.2) is 31.7 Å². The molecule has 3 N–H and O–H groups in total. The SMILES string of the molecule is Cc1ccc(F)c(C(=O)O)c1NC=C(C#N)c1nn[nH]n1. The molecule has 0 aliphatic rings. The number of nitrogens with one attached hydrogen (secondary N) is 2. The fourth-order valence-corrected chi connectivity index (χ4v) is 1.64. The number of carboxylic acids is 1. The summed E-state index contributed by atoms with van der Waals surface area (Å²) >= 11 is 0. The normalized spacial score (nSPS) is 11.0. The van der Waals surface area contributed by atoms with E-state index in [0.29, 0.717) is 5.56 Å². The summed E-state index contributed by atoms with van der Waals surface area (Å²) in [6, 6.07) is 4.33. The van der Waals surface area contributed by atoms with Gasteiger partial charge in [-0.25, -0.2) is 9.18 Å². The van der Waals surface area contributed by atoms with Crippen LogP contribution >= 0.6 is 0 Å². The summed E-state index contributed by atoms with van der Waals surface area (Å²) in [5.41, 5.74) is 0.0783. The molecule has 0 fully saturated rings. The van der Waals surface area contributed by atoms with Crippen LogP contribution in [0.5, 0.6) is 0 Å². The molecule has 0 aliphatic heterocycles. The lowest BCUT2D eigenvalue weighted by Crippen LogP contribution is -2.07. The molecule has 8 nitrogen and oxygen atoms in total. The summed E-state index contributed by atoms with van der Waals surface area (Å²) in [7, 11) is 0. The fourth-order valence-electron chi connectivity index (χ4n) is 1.64. The minimum atomic E-state index is -1.41. The Morgan fingerprint density at radius 3 is 2.90 bits per heavy atom. The van der Waals surface area contributed by atoms with E-state index in [1.807, 2.05) is 6.07 Å². The van der Waals surface area contributed by atoms with Crippen LogP contribution in [0.15, 0.2) is 18.3 Å². The Morgan fingerprint density at radius 1 is 1.57 bits per heavy atom. The number of rotatable bonds is 4. The average molecular weight is 288 g/mol. The molecular weight excluding hydrogens is 279 g/mol. The molecule has 0 unspecified atom stereocenters. The molecule has 1 heterocycles. The molecule has 106 valence electrons. The lowest BCUT2D eigenvalue weighted by Gasteiger charge is -2.10. The number of anilines is 1. The Hall–Kier alpha value is -3.28. The molecule has 0 saturated carbocycles. The van der Waals surface area contributed by atoms with Crippen molar-refractivity contribution in [3.8, 4) is 6.07 Å². The first-order valence-electron chi connectivity index (χ1n) is 5.67. The second kappa shape index (κ2) is 5.79. The van der Waals surface area contributed by atoms with Gasteiger partial charge in [-0.2, -0.15) is 10.5 Å². The second-order valence-electron chi connectivity index (χ2n) is 3.97. The van der Waals surface area contributed by atoms with E-state index in [1.54, 1.807) is 6.92 Å². The topological polar surface area (TPSA) is 128 Å². The van der Waals surface area contributed by atoms with Gasteiger partial charge >= 0.3 is 5.97 Å². The van der Waals surface area contributed by atoms with Crippen LogP contribution in [0.1, 0.15) is 21.7 Å². The minimum Gasteiger partial charge on any atom is -0.478 e. The van der Waals surface area contributed by atoms with E-state index in [2.05, 4.69) is 25.9 Å². The lowest BCUT2D eigenvalue weighted by atomic mass is 10.1. The van der Waals surface area contributed by atoms with Gasteiger partial charge in [-0.05, 0) is 23.8 Å². The fraction of sp³-hybridized carbons (Fsp3) is 0.0833. The number of nitriles is 1. The third kappa shape index (κ3) is 2.84. The maximum absolute atomic E-state index is 13.6. The lowest BCUT2D eigenvalue weighted by molar-refractivity contribution is 0.0693. The van der Waals surface area contributed by atoms with Crippen LogP contribution in [0.4, 0.5) is 10.1 Å². The molecule has 0 atom stereocenters. The van der Waals surface area contributed by atoms with Gasteiger partial charge in [0.15, 0.2) is 0 Å². The third-order valence-electron chi connectivity index (χ3n) is 2.64. The van der Waals surface area contributed by atoms with Crippen molar-refractivity contribution in [1.82, 2.24) is 20.6 Å². The highest BCUT2D eigenvalue weighted by Crippen LogP contribution is 2.24. The summed E-state index contributed by atoms with van der Waals surface area (Å²) < 4.78 is 13.6. The van der Waals surface area contributed by atoms with Gasteiger partial charge in [-0.3, -0.25) is 0 Å². The maximum Gasteiger partial charge on any atom is 0.340 e. The molecule has 2 aromatic rings. The Bertz CT molecular complexity index is 748. The van der Waals surface area contributed by atoms with Crippen LogP contribution in [0.25, 0.3) is 5.57 Å². The van der Waals surface area contributed by atoms with Crippen molar-refractivity contribution in [3.05, 3.63) is 41.1 Å². The molecule has 9 heteroatoms. The van der Waals surface area contributed by atoms with Crippen LogP contribution in [-0.2, 0) is 0 Å². The number of H-pyrrole nitrogens is 1. The number of hydrogen-bond acceptors (Lipinski definition) is 6. The molecule has 0 bridgehead atoms. The van der Waals surface area contributed by atoms with E-state index in [4.69, 9.17) is 10.4 Å². The maximum atomic E-state index is 13.6. The number of tetrazole rings is 1. The monoisotopic (exact) mass is 288 g/mol. The molecule has 0 amide bonds. The van der Waals surface area contributed by atoms with E-state index in [9.17, 15) is 9.18 Å². The summed E-state index contributed by atoms with van der Waals surface area (Å²) in [6.07, 6.45) is 1.19. The molecule has 0 radical (unpaired) electrons. The number of halogens is 1. The second-order valence-corrected chi connectivity index (χ2v) is 3.97. The highest BCUT2D eigenvalue weighted by atomic mass is 19.1. The summed E-state index contributed by atoms with van der Waals surface area (Å²) in [6.45, 7) is 1.61. The van der Waals surface area contributed by atoms with Gasteiger partial charge in [0.25, 0.3) is 0 Å². The Labute approximate surface area is 117 Å². The Morgan fingerprint density at radius 2 is 2.33 bits per heavy atom. The molecule has 0 saturated heterocycles. The van der Waals surface area contributed by atoms with Gasteiger partial charge in [0.1, 0.15) is 23.0 Å². The number of aromatic amines is 1. The molecule has 1 aromatic carbocycles. The molecular formula is C12H9FN6O2. The van der Waals surface area contributed by atoms with Crippen LogP contribution in [0, 0.1) is 24.1 Å². The predicted octanol–water partition coefficient (Wildman–Crippen LogP) is 1.32. The van der Waals surface area contributed by atoms with Crippen molar-refractivity contribution in [2.45, 2.75) is 6.92 Å². The zero-order valence-electron chi connectivity index (χ0n) is 10.8. The number of benzene rings is 1. The zero-order valence-corrected chi connectivity index (χ0v) is 10.8. The predicted molar refractivity (Wildman–Crippen MR) is 69.5 cm³/mol. The summed E-state index contributed by atoms with van der Waals surface area (Å²) in [5, 5.41) is 33.5. The van der Waals surface area contributed by atoms with Crippen molar-refractivity contribution in [1.29, 1.82) is 5.26 Å². The van der Waals surface area contributed by atoms with E-state index in [1.165, 1.54) is 12.3 Å². The standard InChI is InChI=1S/C12H9FN6O2/c1-6-2-3-8(13)9(12(20)21)10(6)15-5-7(4-14)11-16-18-19-17-11/h2-3,5,15H,1H3,(H,20,21)(H,16,17,18,19). The number of carboxylic acid groups (broad SMARTS) is 1. The van der Waals surface area contributed by atoms with Crippen LogP contribution in [0.2, 0.25) is 0 Å². The number of aromatic nitrogens is 4. The number of carbonyl (C=O) groups is 1. The van der Waals surface area contributed by atoms with Gasteiger partial charge in [-0.15, -0.1) is 10.2 Å². The molecule has 2 rings (SSSR count). The molecule has 1 aromatic heterocycles. The van der Waals surface area contributed by atoms with Gasteiger partial charge in [0.05, 0.1) is 5.69 Å². The van der Waals surface area contributed by atoms with Crippen molar-refractivity contribution in [2.75, 3.05) is 5.32 Å². The van der Waals surface area contributed by atoms with Crippen molar-refractivity contribution in [2.24, 2.45) is 0 Å². The Balaban J connectivity index is 2.43. The minimum absolute atomic E-state index is 0.0174. The van der Waals surface area contributed by atoms with Crippen molar-refractivity contribution in [3.63, 3.8) is 0 Å². The molecule has 21 heavy (non-hydrogen) atoms. The smallest absolute Gasteiger partial charge is 0.340 e. The average Bonchev–Trinajstić information content (AvgIpc) is 2.96. The van der Waals surface area contributed by atoms with Crippen LogP contribution in [0.3, 0.4) is 0 Å². The van der Waals surface area contributed by atoms with Gasteiger partial charge in [0, 0.05) is 6.20 Å². The number of allylic oxidation sites excluding steroid dienone is 1. The molecule has 0 spiro atoms. The summed E-state index contributed by atoms with van der Waals surface area (Å²) in [5.74, 6) is -2.25. The molecule has 0 aliphatic carbocycles. The highest BCUT2D eigenvalue weighted by Gasteiger charge is 2.18. The first-order chi connectivity index (χ1) is 10.0. The van der Waals surface area contributed by atoms with E-state index < -0.39 is 17.3 Å². The van der Waals surface area contributed by atoms with E-state index in [0.717, 1.165) is 6.07 Å². The van der Waals surface area contributed by atoms with Crippen LogP contribution < -0.4 is 5.32 Å². The third-order valence-corrected chi connectivity index (χ3v) is 2.64. The van der Waals surface area contributed by atoms with Crippen molar-refractivity contribution >= 4 is 17.2 Å². The van der Waals surface area contributed by atoms with E-state index >= 15 is 0 Å². The van der Waals surface area contributed by atoms with E-state index in [-0.39, 0.29) is 17.1 Å². The summed E-state index contributed by atoms with van der Waals surface area (Å²) in [4.78, 5) is 11.1. The zero-order chi connectivity index (χ0) is 15.4. The van der Waals surface area contributed by atoms with Gasteiger partial charge < -0.3 is 10.4 Å². The Kier molecular flexibility index (Phi) is 3.90. The number of nitrogens with zero attached hydrogens (tertiary/aromatic N) is 4. The van der Waals surface area contributed by atoms with Gasteiger partial charge in [-0.1, -0.05) is 6.07 Å².